The average molecular weight is 227 g/mol. The number of carbonyl (C=O) groups excluding carboxylic acids is 1. The fourth-order valence-electron chi connectivity index (χ4n) is 1.79. The minimum absolute atomic E-state index is 0.0609. The van der Waals surface area contributed by atoms with Gasteiger partial charge in [0.1, 0.15) is 0 Å². The van der Waals surface area contributed by atoms with Crippen molar-refractivity contribution in [1.82, 2.24) is 4.90 Å². The van der Waals surface area contributed by atoms with E-state index in [0.29, 0.717) is 0 Å². The number of carboxylic acid groups (broad SMARTS) is 1. The van der Waals surface area contributed by atoms with Gasteiger partial charge in [-0.05, 0) is 12.3 Å². The molecule has 92 valence electrons. The summed E-state index contributed by atoms with van der Waals surface area (Å²) in [6.45, 7) is 2.33. The Kier molecular flexibility index (Phi) is 4.77. The molecule has 1 fully saturated rings. The molecule has 1 N–H and O–H groups in total. The van der Waals surface area contributed by atoms with Gasteiger partial charge in [0.2, 0.25) is 5.91 Å². The van der Waals surface area contributed by atoms with Crippen molar-refractivity contribution in [2.24, 2.45) is 11.8 Å². The van der Waals surface area contributed by atoms with E-state index in [1.165, 1.54) is 19.3 Å². The van der Waals surface area contributed by atoms with Crippen LogP contribution in [-0.4, -0.2) is 35.5 Å². The molecular formula is C12H21NO3. The molecule has 0 aromatic carbocycles. The van der Waals surface area contributed by atoms with Crippen molar-refractivity contribution < 1.29 is 14.7 Å². The van der Waals surface area contributed by atoms with Gasteiger partial charge in [0, 0.05) is 20.0 Å². The van der Waals surface area contributed by atoms with Crippen LogP contribution in [0.25, 0.3) is 0 Å². The van der Waals surface area contributed by atoms with Gasteiger partial charge in [-0.3, -0.25) is 9.59 Å². The largest absolute Gasteiger partial charge is 0.481 e. The highest BCUT2D eigenvalue weighted by Crippen LogP contribution is 2.29. The Balaban J connectivity index is 2.21. The van der Waals surface area contributed by atoms with Gasteiger partial charge < -0.3 is 10.0 Å². The van der Waals surface area contributed by atoms with E-state index in [0.717, 1.165) is 18.9 Å². The lowest BCUT2D eigenvalue weighted by atomic mass is 9.83. The number of nitrogens with zero attached hydrogens (tertiary/aromatic N) is 1. The van der Waals surface area contributed by atoms with Gasteiger partial charge in [-0.2, -0.15) is 0 Å². The van der Waals surface area contributed by atoms with E-state index in [2.05, 4.69) is 0 Å². The molecule has 1 aliphatic rings. The first-order valence-corrected chi connectivity index (χ1v) is 5.97. The zero-order chi connectivity index (χ0) is 12.1. The highest BCUT2D eigenvalue weighted by molar-refractivity contribution is 5.81. The van der Waals surface area contributed by atoms with E-state index in [4.69, 9.17) is 5.11 Å². The Hall–Kier alpha value is -1.06. The van der Waals surface area contributed by atoms with Crippen molar-refractivity contribution in [3.63, 3.8) is 0 Å². The van der Waals surface area contributed by atoms with E-state index in [1.54, 1.807) is 18.9 Å². The summed E-state index contributed by atoms with van der Waals surface area (Å²) in [7, 11) is 1.76. The topological polar surface area (TPSA) is 57.6 Å². The molecule has 1 atom stereocenters. The summed E-state index contributed by atoms with van der Waals surface area (Å²) in [5, 5.41) is 8.71. The number of aliphatic carboxylic acids is 1. The van der Waals surface area contributed by atoms with Crippen LogP contribution in [0.4, 0.5) is 0 Å². The lowest BCUT2D eigenvalue weighted by Gasteiger charge is -2.27. The van der Waals surface area contributed by atoms with Crippen molar-refractivity contribution in [1.29, 1.82) is 0 Å². The third-order valence-electron chi connectivity index (χ3n) is 3.43. The maximum atomic E-state index is 11.6. The monoisotopic (exact) mass is 227 g/mol. The molecule has 1 amide bonds. The van der Waals surface area contributed by atoms with Crippen molar-refractivity contribution in [2.45, 2.75) is 39.0 Å². The van der Waals surface area contributed by atoms with Crippen LogP contribution in [0.3, 0.4) is 0 Å². The maximum absolute atomic E-state index is 11.6. The van der Waals surface area contributed by atoms with Crippen LogP contribution in [0.1, 0.15) is 39.0 Å². The van der Waals surface area contributed by atoms with Gasteiger partial charge in [0.15, 0.2) is 0 Å². The highest BCUT2D eigenvalue weighted by Gasteiger charge is 2.21. The van der Waals surface area contributed by atoms with Gasteiger partial charge in [0.25, 0.3) is 0 Å². The molecule has 1 unspecified atom stereocenters. The van der Waals surface area contributed by atoms with E-state index in [1.807, 2.05) is 0 Å². The van der Waals surface area contributed by atoms with E-state index >= 15 is 0 Å². The standard InChI is InChI=1S/C12H21NO3/c1-9(12(15)16)8-11(14)13(2)7-6-10-4-3-5-10/h9-10H,3-8H2,1-2H3,(H,15,16). The molecule has 0 aromatic heterocycles. The van der Waals surface area contributed by atoms with Crippen LogP contribution in [0, 0.1) is 11.8 Å². The third-order valence-corrected chi connectivity index (χ3v) is 3.43. The summed E-state index contributed by atoms with van der Waals surface area (Å²) in [4.78, 5) is 23.9. The Morgan fingerprint density at radius 2 is 2.06 bits per heavy atom. The number of hydrogen-bond donors (Lipinski definition) is 1. The molecule has 0 bridgehead atoms. The van der Waals surface area contributed by atoms with Gasteiger partial charge in [0.05, 0.1) is 5.92 Å². The lowest BCUT2D eigenvalue weighted by Crippen LogP contribution is -2.32. The summed E-state index contributed by atoms with van der Waals surface area (Å²) >= 11 is 0. The summed E-state index contributed by atoms with van der Waals surface area (Å²) in [5.41, 5.74) is 0. The minimum atomic E-state index is -0.902. The molecular weight excluding hydrogens is 206 g/mol. The Bertz CT molecular complexity index is 261. The lowest BCUT2D eigenvalue weighted by molar-refractivity contribution is -0.145. The molecule has 0 aromatic rings. The molecule has 4 nitrogen and oxygen atoms in total. The van der Waals surface area contributed by atoms with Crippen molar-refractivity contribution >= 4 is 11.9 Å². The number of amides is 1. The van der Waals surface area contributed by atoms with Gasteiger partial charge in [-0.25, -0.2) is 0 Å². The third kappa shape index (κ3) is 3.83. The fourth-order valence-corrected chi connectivity index (χ4v) is 1.79. The quantitative estimate of drug-likeness (QED) is 0.752. The summed E-state index contributed by atoms with van der Waals surface area (Å²) in [6, 6.07) is 0. The predicted molar refractivity (Wildman–Crippen MR) is 61.0 cm³/mol. The maximum Gasteiger partial charge on any atom is 0.306 e. The smallest absolute Gasteiger partial charge is 0.306 e. The number of hydrogen-bond acceptors (Lipinski definition) is 2. The van der Waals surface area contributed by atoms with Crippen molar-refractivity contribution in [3.05, 3.63) is 0 Å². The van der Waals surface area contributed by atoms with Crippen LogP contribution in [0.5, 0.6) is 0 Å². The Morgan fingerprint density at radius 1 is 1.44 bits per heavy atom. The second kappa shape index (κ2) is 5.87. The minimum Gasteiger partial charge on any atom is -0.481 e. The summed E-state index contributed by atoms with van der Waals surface area (Å²) < 4.78 is 0. The molecule has 0 spiro atoms. The van der Waals surface area contributed by atoms with Crippen molar-refractivity contribution in [3.8, 4) is 0 Å². The number of carboxylic acids is 1. The average Bonchev–Trinajstić information content (AvgIpc) is 2.14. The molecule has 1 aliphatic carbocycles. The second-order valence-corrected chi connectivity index (χ2v) is 4.84. The van der Waals surface area contributed by atoms with Gasteiger partial charge in [-0.15, -0.1) is 0 Å². The normalized spacial score (nSPS) is 17.6. The zero-order valence-electron chi connectivity index (χ0n) is 10.1. The van der Waals surface area contributed by atoms with E-state index < -0.39 is 11.9 Å². The van der Waals surface area contributed by atoms with Crippen molar-refractivity contribution in [2.75, 3.05) is 13.6 Å². The number of carbonyl (C=O) groups is 2. The number of rotatable bonds is 6. The molecule has 0 saturated heterocycles. The summed E-state index contributed by atoms with van der Waals surface area (Å²) in [5.74, 6) is -0.763. The SMILES string of the molecule is CC(CC(=O)N(C)CCC1CCC1)C(=O)O. The molecule has 0 heterocycles. The molecule has 1 rings (SSSR count). The molecule has 4 heteroatoms. The fraction of sp³-hybridized carbons (Fsp3) is 0.833. The van der Waals surface area contributed by atoms with Crippen LogP contribution in [0.2, 0.25) is 0 Å². The molecule has 0 radical (unpaired) electrons. The highest BCUT2D eigenvalue weighted by atomic mass is 16.4. The van der Waals surface area contributed by atoms with E-state index in [-0.39, 0.29) is 12.3 Å². The van der Waals surface area contributed by atoms with Crippen LogP contribution < -0.4 is 0 Å². The van der Waals surface area contributed by atoms with Gasteiger partial charge in [-0.1, -0.05) is 26.2 Å². The molecule has 0 aliphatic heterocycles. The Labute approximate surface area is 96.6 Å². The van der Waals surface area contributed by atoms with Gasteiger partial charge >= 0.3 is 5.97 Å². The summed E-state index contributed by atoms with van der Waals surface area (Å²) in [6.07, 6.45) is 5.06. The van der Waals surface area contributed by atoms with Crippen LogP contribution in [0.15, 0.2) is 0 Å². The molecule has 1 saturated carbocycles. The van der Waals surface area contributed by atoms with Crippen LogP contribution in [-0.2, 0) is 9.59 Å². The first-order valence-electron chi connectivity index (χ1n) is 5.97. The zero-order valence-corrected chi connectivity index (χ0v) is 10.1. The Morgan fingerprint density at radius 3 is 2.50 bits per heavy atom. The van der Waals surface area contributed by atoms with E-state index in [9.17, 15) is 9.59 Å². The first kappa shape index (κ1) is 13.0. The first-order chi connectivity index (χ1) is 7.50. The second-order valence-electron chi connectivity index (χ2n) is 4.84. The molecule has 16 heavy (non-hydrogen) atoms. The van der Waals surface area contributed by atoms with Crippen LogP contribution >= 0.6 is 0 Å². The predicted octanol–water partition coefficient (Wildman–Crippen LogP) is 1.75.